The lowest BCUT2D eigenvalue weighted by Gasteiger charge is -2.26. The normalized spacial score (nSPS) is 15.1. The van der Waals surface area contributed by atoms with Gasteiger partial charge in [0.25, 0.3) is 5.91 Å². The Morgan fingerprint density at radius 3 is 2.79 bits per heavy atom. The minimum atomic E-state index is 0.0914. The summed E-state index contributed by atoms with van der Waals surface area (Å²) in [5.41, 5.74) is 2.12. The maximum absolute atomic E-state index is 12.6. The van der Waals surface area contributed by atoms with Crippen LogP contribution >= 0.6 is 11.3 Å². The molecule has 0 bridgehead atoms. The number of rotatable bonds is 3. The first-order valence-corrected chi connectivity index (χ1v) is 9.02. The van der Waals surface area contributed by atoms with E-state index in [4.69, 9.17) is 9.72 Å². The molecule has 1 aliphatic rings. The van der Waals surface area contributed by atoms with E-state index in [-0.39, 0.29) is 5.91 Å². The van der Waals surface area contributed by atoms with Crippen molar-refractivity contribution in [3.63, 3.8) is 0 Å². The third-order valence-electron chi connectivity index (χ3n) is 4.31. The largest absolute Gasteiger partial charge is 0.378 e. The van der Waals surface area contributed by atoms with Gasteiger partial charge in [0.05, 0.1) is 34.0 Å². The summed E-state index contributed by atoms with van der Waals surface area (Å²) in [6.07, 6.45) is 0. The van der Waals surface area contributed by atoms with E-state index >= 15 is 0 Å². The zero-order chi connectivity index (χ0) is 16.5. The Morgan fingerprint density at radius 2 is 2.00 bits per heavy atom. The molecular formula is C18H19N3O2S. The second-order valence-corrected chi connectivity index (χ2v) is 6.82. The number of amides is 1. The van der Waals surface area contributed by atoms with Crippen LogP contribution in [-0.2, 0) is 11.3 Å². The van der Waals surface area contributed by atoms with Crippen molar-refractivity contribution in [2.24, 2.45) is 0 Å². The lowest BCUT2D eigenvalue weighted by atomic mass is 10.3. The van der Waals surface area contributed by atoms with Crippen molar-refractivity contribution in [1.29, 1.82) is 0 Å². The summed E-state index contributed by atoms with van der Waals surface area (Å²) >= 11 is 1.52. The van der Waals surface area contributed by atoms with Gasteiger partial charge in [-0.15, -0.1) is 11.3 Å². The summed E-state index contributed by atoms with van der Waals surface area (Å²) in [7, 11) is 0. The Morgan fingerprint density at radius 1 is 1.21 bits per heavy atom. The SMILES string of the molecule is CCn1c(-c2ccc(C(=O)N3CCOCC3)s2)nc2ccccc21. The van der Waals surface area contributed by atoms with Crippen molar-refractivity contribution in [2.75, 3.05) is 26.3 Å². The standard InChI is InChI=1S/C18H19N3O2S/c1-2-21-14-6-4-3-5-13(14)19-17(21)15-7-8-16(24-15)18(22)20-9-11-23-12-10-20/h3-8H,2,9-12H2,1H3. The fourth-order valence-corrected chi connectivity index (χ4v) is 4.05. The molecule has 0 saturated carbocycles. The van der Waals surface area contributed by atoms with Crippen molar-refractivity contribution in [2.45, 2.75) is 13.5 Å². The van der Waals surface area contributed by atoms with E-state index in [1.807, 2.05) is 35.2 Å². The van der Waals surface area contributed by atoms with E-state index in [1.165, 1.54) is 11.3 Å². The molecule has 3 heterocycles. The molecule has 5 nitrogen and oxygen atoms in total. The monoisotopic (exact) mass is 341 g/mol. The van der Waals surface area contributed by atoms with E-state index < -0.39 is 0 Å². The molecule has 0 radical (unpaired) electrons. The highest BCUT2D eigenvalue weighted by molar-refractivity contribution is 7.17. The van der Waals surface area contributed by atoms with Crippen molar-refractivity contribution in [3.8, 4) is 10.7 Å². The summed E-state index contributed by atoms with van der Waals surface area (Å²) in [5, 5.41) is 0. The molecule has 0 unspecified atom stereocenters. The second kappa shape index (κ2) is 6.37. The van der Waals surface area contributed by atoms with Gasteiger partial charge in [-0.3, -0.25) is 4.79 Å². The number of aryl methyl sites for hydroxylation is 1. The van der Waals surface area contributed by atoms with Gasteiger partial charge in [0.2, 0.25) is 0 Å². The van der Waals surface area contributed by atoms with Gasteiger partial charge in [-0.25, -0.2) is 4.98 Å². The maximum Gasteiger partial charge on any atom is 0.264 e. The van der Waals surface area contributed by atoms with Crippen LogP contribution in [0.4, 0.5) is 0 Å². The first kappa shape index (κ1) is 15.4. The van der Waals surface area contributed by atoms with Gasteiger partial charge in [-0.05, 0) is 31.2 Å². The molecule has 124 valence electrons. The molecule has 0 N–H and O–H groups in total. The summed E-state index contributed by atoms with van der Waals surface area (Å²) in [6.45, 7) is 5.54. The average Bonchev–Trinajstić information content (AvgIpc) is 3.26. The quantitative estimate of drug-likeness (QED) is 0.735. The summed E-state index contributed by atoms with van der Waals surface area (Å²) in [6, 6.07) is 12.1. The number of ether oxygens (including phenoxy) is 1. The molecule has 1 saturated heterocycles. The van der Waals surface area contributed by atoms with E-state index in [1.54, 1.807) is 0 Å². The molecule has 1 amide bonds. The van der Waals surface area contributed by atoms with Gasteiger partial charge < -0.3 is 14.2 Å². The Labute approximate surface area is 144 Å². The van der Waals surface area contributed by atoms with Crippen molar-refractivity contribution in [3.05, 3.63) is 41.3 Å². The number of para-hydroxylation sites is 2. The van der Waals surface area contributed by atoms with Crippen molar-refractivity contribution < 1.29 is 9.53 Å². The van der Waals surface area contributed by atoms with Crippen LogP contribution in [0.2, 0.25) is 0 Å². The van der Waals surface area contributed by atoms with Crippen LogP contribution in [0.3, 0.4) is 0 Å². The third kappa shape index (κ3) is 2.61. The molecule has 1 aliphatic heterocycles. The van der Waals surface area contributed by atoms with Crippen LogP contribution in [0.25, 0.3) is 21.7 Å². The molecular weight excluding hydrogens is 322 g/mol. The minimum Gasteiger partial charge on any atom is -0.378 e. The zero-order valence-electron chi connectivity index (χ0n) is 13.6. The number of thiophene rings is 1. The van der Waals surface area contributed by atoms with Crippen LogP contribution in [0.15, 0.2) is 36.4 Å². The van der Waals surface area contributed by atoms with Gasteiger partial charge in [0.1, 0.15) is 0 Å². The summed E-state index contributed by atoms with van der Waals surface area (Å²) in [5.74, 6) is 1.03. The van der Waals surface area contributed by atoms with Gasteiger partial charge in [-0.2, -0.15) is 0 Å². The molecule has 24 heavy (non-hydrogen) atoms. The number of hydrogen-bond donors (Lipinski definition) is 0. The van der Waals surface area contributed by atoms with Crippen molar-refractivity contribution in [1.82, 2.24) is 14.5 Å². The van der Waals surface area contributed by atoms with Gasteiger partial charge in [0.15, 0.2) is 5.82 Å². The zero-order valence-corrected chi connectivity index (χ0v) is 14.4. The van der Waals surface area contributed by atoms with Crippen LogP contribution in [0, 0.1) is 0 Å². The molecule has 0 aliphatic carbocycles. The summed E-state index contributed by atoms with van der Waals surface area (Å²) in [4.78, 5) is 21.1. The second-order valence-electron chi connectivity index (χ2n) is 5.74. The highest BCUT2D eigenvalue weighted by Crippen LogP contribution is 2.31. The number of carbonyl (C=O) groups is 1. The number of nitrogens with zero attached hydrogens (tertiary/aromatic N) is 3. The van der Waals surface area contributed by atoms with E-state index in [9.17, 15) is 4.79 Å². The van der Waals surface area contributed by atoms with Crippen molar-refractivity contribution >= 4 is 28.3 Å². The number of hydrogen-bond acceptors (Lipinski definition) is 4. The third-order valence-corrected chi connectivity index (χ3v) is 5.38. The molecule has 1 fully saturated rings. The highest BCUT2D eigenvalue weighted by atomic mass is 32.1. The smallest absolute Gasteiger partial charge is 0.264 e. The molecule has 6 heteroatoms. The summed E-state index contributed by atoms with van der Waals surface area (Å²) < 4.78 is 7.52. The Hall–Kier alpha value is -2.18. The fraction of sp³-hybridized carbons (Fsp3) is 0.333. The number of aromatic nitrogens is 2. The average molecular weight is 341 g/mol. The Kier molecular flexibility index (Phi) is 4.08. The van der Waals surface area contributed by atoms with Gasteiger partial charge in [-0.1, -0.05) is 12.1 Å². The number of fused-ring (bicyclic) bond motifs is 1. The molecule has 1 aromatic carbocycles. The molecule has 2 aromatic heterocycles. The predicted molar refractivity (Wildman–Crippen MR) is 95.4 cm³/mol. The maximum atomic E-state index is 12.6. The lowest BCUT2D eigenvalue weighted by Crippen LogP contribution is -2.40. The molecule has 3 aromatic rings. The molecule has 0 atom stereocenters. The van der Waals surface area contributed by atoms with E-state index in [2.05, 4.69) is 17.6 Å². The fourth-order valence-electron chi connectivity index (χ4n) is 3.08. The van der Waals surface area contributed by atoms with Crippen LogP contribution < -0.4 is 0 Å². The number of morpholine rings is 1. The predicted octanol–water partition coefficient (Wildman–Crippen LogP) is 3.26. The van der Waals surface area contributed by atoms with E-state index in [0.29, 0.717) is 26.3 Å². The molecule has 4 rings (SSSR count). The first-order chi connectivity index (χ1) is 11.8. The number of benzene rings is 1. The number of carbonyl (C=O) groups excluding carboxylic acids is 1. The Bertz CT molecular complexity index is 877. The van der Waals surface area contributed by atoms with Gasteiger partial charge >= 0.3 is 0 Å². The number of imidazole rings is 1. The Balaban J connectivity index is 1.68. The van der Waals surface area contributed by atoms with Crippen LogP contribution in [-0.4, -0.2) is 46.7 Å². The van der Waals surface area contributed by atoms with Crippen LogP contribution in [0.1, 0.15) is 16.6 Å². The molecule has 0 spiro atoms. The van der Waals surface area contributed by atoms with Crippen LogP contribution in [0.5, 0.6) is 0 Å². The highest BCUT2D eigenvalue weighted by Gasteiger charge is 2.21. The first-order valence-electron chi connectivity index (χ1n) is 8.20. The minimum absolute atomic E-state index is 0.0914. The topological polar surface area (TPSA) is 47.4 Å². The van der Waals surface area contributed by atoms with Gasteiger partial charge in [0, 0.05) is 19.6 Å². The lowest BCUT2D eigenvalue weighted by molar-refractivity contribution is 0.0306. The van der Waals surface area contributed by atoms with E-state index in [0.717, 1.165) is 33.2 Å².